The van der Waals surface area contributed by atoms with E-state index in [1.807, 2.05) is 30.3 Å². The van der Waals surface area contributed by atoms with E-state index in [9.17, 15) is 4.79 Å². The number of nitrogens with one attached hydrogen (secondary N) is 1. The van der Waals surface area contributed by atoms with E-state index in [2.05, 4.69) is 27.8 Å². The third-order valence-corrected chi connectivity index (χ3v) is 3.22. The van der Waals surface area contributed by atoms with E-state index < -0.39 is 0 Å². The minimum Gasteiger partial charge on any atom is -0.324 e. The monoisotopic (exact) mass is 285 g/mol. The van der Waals surface area contributed by atoms with Crippen molar-refractivity contribution in [2.24, 2.45) is 0 Å². The summed E-state index contributed by atoms with van der Waals surface area (Å²) in [6.45, 7) is 3.67. The zero-order valence-electron chi connectivity index (χ0n) is 8.20. The molecule has 2 nitrogen and oxygen atoms in total. The van der Waals surface area contributed by atoms with Gasteiger partial charge in [-0.25, -0.2) is 0 Å². The van der Waals surface area contributed by atoms with Gasteiger partial charge < -0.3 is 5.32 Å². The number of halogens is 1. The molecule has 1 rings (SSSR count). The first-order valence-corrected chi connectivity index (χ1v) is 6.57. The molecule has 0 heterocycles. The molecule has 0 spiro atoms. The van der Waals surface area contributed by atoms with Crippen molar-refractivity contribution in [1.82, 2.24) is 0 Å². The molecule has 1 aromatic carbocycles. The Kier molecular flexibility index (Phi) is 5.50. The molecular weight excluding hydrogens is 274 g/mol. The van der Waals surface area contributed by atoms with E-state index in [1.165, 1.54) is 0 Å². The van der Waals surface area contributed by atoms with E-state index in [4.69, 9.17) is 0 Å². The van der Waals surface area contributed by atoms with Gasteiger partial charge in [0, 0.05) is 10.6 Å². The zero-order valence-corrected chi connectivity index (χ0v) is 10.6. The summed E-state index contributed by atoms with van der Waals surface area (Å²) >= 11 is 4.77. The minimum atomic E-state index is -0.0401. The van der Waals surface area contributed by atoms with Gasteiger partial charge in [0.15, 0.2) is 0 Å². The molecule has 80 valence electrons. The van der Waals surface area contributed by atoms with Gasteiger partial charge in [0.1, 0.15) is 0 Å². The summed E-state index contributed by atoms with van der Waals surface area (Å²) in [6, 6.07) is 7.74. The highest BCUT2D eigenvalue weighted by atomic mass is 79.9. The molecule has 0 aliphatic carbocycles. The van der Waals surface area contributed by atoms with Crippen LogP contribution >= 0.6 is 27.7 Å². The van der Waals surface area contributed by atoms with Crippen LogP contribution in [0.3, 0.4) is 0 Å². The average Bonchev–Trinajstić information content (AvgIpc) is 2.28. The highest BCUT2D eigenvalue weighted by molar-refractivity contribution is 9.09. The van der Waals surface area contributed by atoms with Crippen LogP contribution in [0.5, 0.6) is 0 Å². The van der Waals surface area contributed by atoms with Gasteiger partial charge in [0.05, 0.1) is 11.0 Å². The van der Waals surface area contributed by atoms with Gasteiger partial charge in [-0.2, -0.15) is 0 Å². The first-order valence-electron chi connectivity index (χ1n) is 4.46. The number of carbonyl (C=O) groups is 1. The van der Waals surface area contributed by atoms with Gasteiger partial charge in [-0.15, -0.1) is 18.3 Å². The van der Waals surface area contributed by atoms with Crippen molar-refractivity contribution in [1.29, 1.82) is 0 Å². The summed E-state index contributed by atoms with van der Waals surface area (Å²) in [6.07, 6.45) is 1.84. The van der Waals surface area contributed by atoms with Crippen molar-refractivity contribution in [3.05, 3.63) is 36.9 Å². The number of benzene rings is 1. The summed E-state index contributed by atoms with van der Waals surface area (Å²) in [5.41, 5.74) is 0.855. The molecule has 0 aliphatic heterocycles. The van der Waals surface area contributed by atoms with E-state index in [1.54, 1.807) is 11.8 Å². The summed E-state index contributed by atoms with van der Waals surface area (Å²) in [4.78, 5) is 12.3. The molecule has 1 N–H and O–H groups in total. The number of para-hydroxylation sites is 1. The van der Waals surface area contributed by atoms with Crippen LogP contribution in [-0.4, -0.2) is 17.0 Å². The van der Waals surface area contributed by atoms with E-state index in [-0.39, 0.29) is 5.91 Å². The number of anilines is 1. The Bertz CT molecular complexity index is 354. The highest BCUT2D eigenvalue weighted by Gasteiger charge is 2.04. The molecule has 0 saturated heterocycles. The third kappa shape index (κ3) is 4.10. The molecule has 0 aromatic heterocycles. The van der Waals surface area contributed by atoms with E-state index >= 15 is 0 Å². The maximum absolute atomic E-state index is 11.2. The van der Waals surface area contributed by atoms with Crippen molar-refractivity contribution >= 4 is 39.3 Å². The smallest absolute Gasteiger partial charge is 0.235 e. The summed E-state index contributed by atoms with van der Waals surface area (Å²) in [5.74, 6) is 0.794. The van der Waals surface area contributed by atoms with Crippen LogP contribution in [0.4, 0.5) is 5.69 Å². The molecule has 1 amide bonds. The molecule has 0 radical (unpaired) electrons. The molecule has 0 bridgehead atoms. The molecule has 1 aromatic rings. The standard InChI is InChI=1S/C11H12BrNOS/c1-2-7-15-10-6-4-3-5-9(10)13-11(14)8-12/h2-6H,1,7-8H2,(H,13,14). The maximum Gasteiger partial charge on any atom is 0.235 e. The fraction of sp³-hybridized carbons (Fsp3) is 0.182. The fourth-order valence-electron chi connectivity index (χ4n) is 1.03. The quantitative estimate of drug-likeness (QED) is 0.511. The van der Waals surface area contributed by atoms with Crippen LogP contribution in [0.25, 0.3) is 0 Å². The van der Waals surface area contributed by atoms with Crippen molar-refractivity contribution in [2.45, 2.75) is 4.90 Å². The third-order valence-electron chi connectivity index (χ3n) is 1.64. The van der Waals surface area contributed by atoms with Crippen molar-refractivity contribution in [2.75, 3.05) is 16.4 Å². The van der Waals surface area contributed by atoms with Crippen LogP contribution in [0.15, 0.2) is 41.8 Å². The first-order chi connectivity index (χ1) is 7.27. The zero-order chi connectivity index (χ0) is 11.1. The minimum absolute atomic E-state index is 0.0401. The second kappa shape index (κ2) is 6.69. The summed E-state index contributed by atoms with van der Waals surface area (Å²) in [7, 11) is 0. The summed E-state index contributed by atoms with van der Waals surface area (Å²) < 4.78 is 0. The van der Waals surface area contributed by atoms with Gasteiger partial charge in [-0.1, -0.05) is 34.1 Å². The number of thioether (sulfide) groups is 1. The van der Waals surface area contributed by atoms with Crippen molar-refractivity contribution < 1.29 is 4.79 Å². The van der Waals surface area contributed by atoms with Crippen LogP contribution < -0.4 is 5.32 Å². The second-order valence-electron chi connectivity index (χ2n) is 2.78. The molecule has 0 saturated carbocycles. The largest absolute Gasteiger partial charge is 0.324 e. The fourth-order valence-corrected chi connectivity index (χ4v) is 1.92. The van der Waals surface area contributed by atoms with Crippen LogP contribution in [-0.2, 0) is 4.79 Å². The van der Waals surface area contributed by atoms with E-state index in [0.29, 0.717) is 5.33 Å². The van der Waals surface area contributed by atoms with Crippen LogP contribution in [0.1, 0.15) is 0 Å². The lowest BCUT2D eigenvalue weighted by atomic mass is 10.3. The molecule has 0 aliphatic rings. The van der Waals surface area contributed by atoms with Gasteiger partial charge in [-0.3, -0.25) is 4.79 Å². The Morgan fingerprint density at radius 1 is 1.53 bits per heavy atom. The number of hydrogen-bond donors (Lipinski definition) is 1. The SMILES string of the molecule is C=CCSc1ccccc1NC(=O)CBr. The number of hydrogen-bond acceptors (Lipinski definition) is 2. The highest BCUT2D eigenvalue weighted by Crippen LogP contribution is 2.26. The van der Waals surface area contributed by atoms with Gasteiger partial charge in [0.2, 0.25) is 5.91 Å². The maximum atomic E-state index is 11.2. The normalized spacial score (nSPS) is 9.67. The lowest BCUT2D eigenvalue weighted by Crippen LogP contribution is -2.12. The number of amides is 1. The van der Waals surface area contributed by atoms with Crippen molar-refractivity contribution in [3.8, 4) is 0 Å². The molecule has 4 heteroatoms. The Morgan fingerprint density at radius 3 is 2.93 bits per heavy atom. The first kappa shape index (κ1) is 12.3. The van der Waals surface area contributed by atoms with Gasteiger partial charge >= 0.3 is 0 Å². The second-order valence-corrected chi connectivity index (χ2v) is 4.40. The number of carbonyl (C=O) groups excluding carboxylic acids is 1. The number of alkyl halides is 1. The predicted molar refractivity (Wildman–Crippen MR) is 69.8 cm³/mol. The topological polar surface area (TPSA) is 29.1 Å². The molecule has 0 fully saturated rings. The molecule has 0 atom stereocenters. The average molecular weight is 286 g/mol. The lowest BCUT2D eigenvalue weighted by molar-refractivity contribution is -0.113. The van der Waals surface area contributed by atoms with Crippen LogP contribution in [0, 0.1) is 0 Å². The molecule has 15 heavy (non-hydrogen) atoms. The Labute approximate surface area is 102 Å². The predicted octanol–water partition coefficient (Wildman–Crippen LogP) is 3.30. The Hall–Kier alpha value is -0.740. The van der Waals surface area contributed by atoms with Crippen molar-refractivity contribution in [3.63, 3.8) is 0 Å². The number of rotatable bonds is 5. The molecular formula is C11H12BrNOS. The Balaban J connectivity index is 2.76. The van der Waals surface area contributed by atoms with E-state index in [0.717, 1.165) is 16.3 Å². The Morgan fingerprint density at radius 2 is 2.27 bits per heavy atom. The van der Waals surface area contributed by atoms with Gasteiger partial charge in [0.25, 0.3) is 0 Å². The molecule has 0 unspecified atom stereocenters. The van der Waals surface area contributed by atoms with Crippen LogP contribution in [0.2, 0.25) is 0 Å². The summed E-state index contributed by atoms with van der Waals surface area (Å²) in [5, 5.41) is 3.14. The van der Waals surface area contributed by atoms with Gasteiger partial charge in [-0.05, 0) is 12.1 Å². The lowest BCUT2D eigenvalue weighted by Gasteiger charge is -2.08.